The van der Waals surface area contributed by atoms with Crippen molar-refractivity contribution < 1.29 is 29.2 Å². The van der Waals surface area contributed by atoms with Crippen LogP contribution in [0.15, 0.2) is 16.7 Å². The van der Waals surface area contributed by atoms with Gasteiger partial charge < -0.3 is 19.5 Å². The second-order valence-corrected chi connectivity index (χ2v) is 4.10. The lowest BCUT2D eigenvalue weighted by Crippen LogP contribution is -2.08. The number of hydrogen-bond donors (Lipinski definition) is 2. The van der Waals surface area contributed by atoms with E-state index in [4.69, 9.17) is 4.52 Å². The topological polar surface area (TPSA) is 136 Å². The van der Waals surface area contributed by atoms with Crippen LogP contribution in [-0.2, 0) is 4.74 Å². The van der Waals surface area contributed by atoms with Gasteiger partial charge in [0.15, 0.2) is 17.1 Å². The zero-order chi connectivity index (χ0) is 15.7. The lowest BCUT2D eigenvalue weighted by atomic mass is 10.0. The zero-order valence-corrected chi connectivity index (χ0v) is 11.0. The number of aromatic hydroxyl groups is 2. The molecule has 110 valence electrons. The van der Waals surface area contributed by atoms with E-state index in [0.717, 1.165) is 13.2 Å². The summed E-state index contributed by atoms with van der Waals surface area (Å²) in [5.74, 6) is -2.83. The Hall–Kier alpha value is -3.10. The van der Waals surface area contributed by atoms with Gasteiger partial charge in [-0.25, -0.2) is 4.79 Å². The molecule has 0 unspecified atom stereocenters. The van der Waals surface area contributed by atoms with Gasteiger partial charge in [-0.1, -0.05) is 5.16 Å². The van der Waals surface area contributed by atoms with Gasteiger partial charge in [0.25, 0.3) is 0 Å². The average molecular weight is 294 g/mol. The number of carbonyl (C=O) groups is 1. The minimum absolute atomic E-state index is 0.0197. The maximum atomic E-state index is 11.8. The highest BCUT2D eigenvalue weighted by Gasteiger charge is 2.33. The number of nitro groups is 1. The number of aryl methyl sites for hydroxylation is 1. The zero-order valence-electron chi connectivity index (χ0n) is 11.0. The Morgan fingerprint density at radius 3 is 2.57 bits per heavy atom. The van der Waals surface area contributed by atoms with Crippen molar-refractivity contribution in [1.29, 1.82) is 0 Å². The van der Waals surface area contributed by atoms with E-state index in [-0.39, 0.29) is 11.3 Å². The molecule has 0 radical (unpaired) electrons. The predicted molar refractivity (Wildman–Crippen MR) is 68.0 cm³/mol. The second-order valence-electron chi connectivity index (χ2n) is 4.10. The van der Waals surface area contributed by atoms with Crippen molar-refractivity contribution in [1.82, 2.24) is 5.16 Å². The smallest absolute Gasteiger partial charge is 0.345 e. The first kappa shape index (κ1) is 14.3. The van der Waals surface area contributed by atoms with Crippen LogP contribution in [0.2, 0.25) is 0 Å². The Morgan fingerprint density at radius 1 is 1.43 bits per heavy atom. The summed E-state index contributed by atoms with van der Waals surface area (Å²) in [4.78, 5) is 21.9. The van der Waals surface area contributed by atoms with Crippen molar-refractivity contribution in [2.75, 3.05) is 7.11 Å². The number of esters is 1. The summed E-state index contributed by atoms with van der Waals surface area (Å²) in [6.07, 6.45) is 0. The van der Waals surface area contributed by atoms with Crippen LogP contribution in [0, 0.1) is 17.0 Å². The number of benzene rings is 1. The van der Waals surface area contributed by atoms with Gasteiger partial charge in [0.05, 0.1) is 17.7 Å². The highest BCUT2D eigenvalue weighted by Crippen LogP contribution is 2.44. The lowest BCUT2D eigenvalue weighted by Gasteiger charge is -2.08. The van der Waals surface area contributed by atoms with Crippen molar-refractivity contribution in [2.24, 2.45) is 0 Å². The van der Waals surface area contributed by atoms with Crippen LogP contribution < -0.4 is 0 Å². The highest BCUT2D eigenvalue weighted by atomic mass is 16.6. The molecule has 0 amide bonds. The first-order valence-electron chi connectivity index (χ1n) is 5.62. The van der Waals surface area contributed by atoms with Crippen molar-refractivity contribution >= 4 is 11.7 Å². The first-order valence-corrected chi connectivity index (χ1v) is 5.62. The molecule has 2 aromatic rings. The quantitative estimate of drug-likeness (QED) is 0.378. The normalized spacial score (nSPS) is 10.4. The largest absolute Gasteiger partial charge is 0.504 e. The third kappa shape index (κ3) is 2.36. The Balaban J connectivity index is 2.86. The summed E-state index contributed by atoms with van der Waals surface area (Å²) in [6, 6.07) is 2.39. The van der Waals surface area contributed by atoms with E-state index in [9.17, 15) is 25.1 Å². The lowest BCUT2D eigenvalue weighted by molar-refractivity contribution is -0.386. The van der Waals surface area contributed by atoms with Gasteiger partial charge in [-0.05, 0) is 13.0 Å². The minimum atomic E-state index is -1.05. The number of carbonyl (C=O) groups excluding carboxylic acids is 1. The molecular weight excluding hydrogens is 284 g/mol. The molecule has 0 spiro atoms. The summed E-state index contributed by atoms with van der Waals surface area (Å²) in [5.41, 5.74) is -1.14. The highest BCUT2D eigenvalue weighted by molar-refractivity contribution is 6.02. The number of hydrogen-bond acceptors (Lipinski definition) is 8. The first-order chi connectivity index (χ1) is 9.86. The van der Waals surface area contributed by atoms with E-state index >= 15 is 0 Å². The van der Waals surface area contributed by atoms with Crippen LogP contribution in [0.5, 0.6) is 11.5 Å². The second kappa shape index (κ2) is 5.12. The van der Waals surface area contributed by atoms with Gasteiger partial charge in [-0.3, -0.25) is 10.1 Å². The van der Waals surface area contributed by atoms with E-state index in [2.05, 4.69) is 9.89 Å². The van der Waals surface area contributed by atoms with Gasteiger partial charge in [-0.2, -0.15) is 0 Å². The maximum absolute atomic E-state index is 11.8. The molecule has 9 nitrogen and oxygen atoms in total. The number of phenols is 2. The van der Waals surface area contributed by atoms with Gasteiger partial charge in [0.2, 0.25) is 5.75 Å². The van der Waals surface area contributed by atoms with Gasteiger partial charge in [-0.15, -0.1) is 0 Å². The molecule has 2 N–H and O–H groups in total. The van der Waals surface area contributed by atoms with Crippen LogP contribution in [0.25, 0.3) is 11.3 Å². The van der Waals surface area contributed by atoms with Crippen LogP contribution in [-0.4, -0.2) is 33.4 Å². The monoisotopic (exact) mass is 294 g/mol. The van der Waals surface area contributed by atoms with E-state index in [0.29, 0.717) is 5.69 Å². The van der Waals surface area contributed by atoms with Gasteiger partial charge >= 0.3 is 11.7 Å². The molecule has 1 heterocycles. The fraction of sp³-hybridized carbons (Fsp3) is 0.167. The van der Waals surface area contributed by atoms with E-state index in [1.54, 1.807) is 6.92 Å². The number of rotatable bonds is 3. The Bertz CT molecular complexity index is 735. The fourth-order valence-corrected chi connectivity index (χ4v) is 1.82. The number of methoxy groups -OCH3 is 1. The molecule has 0 fully saturated rings. The summed E-state index contributed by atoms with van der Waals surface area (Å²) in [5, 5.41) is 33.9. The van der Waals surface area contributed by atoms with Crippen molar-refractivity contribution in [2.45, 2.75) is 6.92 Å². The van der Waals surface area contributed by atoms with E-state index < -0.39 is 33.6 Å². The number of aromatic nitrogens is 1. The van der Waals surface area contributed by atoms with Gasteiger partial charge in [0.1, 0.15) is 0 Å². The number of nitro benzene ring substituents is 1. The molecule has 0 atom stereocenters. The minimum Gasteiger partial charge on any atom is -0.504 e. The van der Waals surface area contributed by atoms with E-state index in [1.165, 1.54) is 6.07 Å². The molecule has 0 aliphatic carbocycles. The summed E-state index contributed by atoms with van der Waals surface area (Å²) < 4.78 is 9.43. The molecule has 0 bridgehead atoms. The number of phenolic OH excluding ortho intramolecular Hbond substituents is 2. The molecule has 9 heteroatoms. The molecular formula is C12H10N2O7. The van der Waals surface area contributed by atoms with E-state index in [1.807, 2.05) is 0 Å². The number of nitrogens with zero attached hydrogens (tertiary/aromatic N) is 2. The molecule has 0 aliphatic heterocycles. The predicted octanol–water partition coefficient (Wildman–Crippen LogP) is 1.76. The Kier molecular flexibility index (Phi) is 3.49. The number of ether oxygens (including phenoxy) is 1. The molecule has 0 saturated heterocycles. The van der Waals surface area contributed by atoms with Crippen molar-refractivity contribution in [3.05, 3.63) is 33.5 Å². The third-order valence-corrected chi connectivity index (χ3v) is 2.72. The SMILES string of the molecule is COC(=O)c1c(-c2cc(C)no2)cc(O)c(O)c1[N+](=O)[O-]. The molecule has 1 aromatic heterocycles. The molecule has 0 aliphatic rings. The van der Waals surface area contributed by atoms with Crippen LogP contribution in [0.4, 0.5) is 5.69 Å². The molecule has 1 aromatic carbocycles. The summed E-state index contributed by atoms with van der Waals surface area (Å²) >= 11 is 0. The molecule has 21 heavy (non-hydrogen) atoms. The maximum Gasteiger partial charge on any atom is 0.345 e. The fourth-order valence-electron chi connectivity index (χ4n) is 1.82. The van der Waals surface area contributed by atoms with Crippen LogP contribution in [0.3, 0.4) is 0 Å². The average Bonchev–Trinajstić information content (AvgIpc) is 2.86. The molecule has 0 saturated carbocycles. The molecule has 2 rings (SSSR count). The third-order valence-electron chi connectivity index (χ3n) is 2.72. The van der Waals surface area contributed by atoms with Gasteiger partial charge in [0, 0.05) is 11.6 Å². The standard InChI is InChI=1S/C12H10N2O7/c1-5-3-8(21-13-5)6-4-7(15)11(16)10(14(18)19)9(6)12(17)20-2/h3-4,15-16H,1-2H3. The van der Waals surface area contributed by atoms with Crippen molar-refractivity contribution in [3.8, 4) is 22.8 Å². The Morgan fingerprint density at radius 2 is 2.10 bits per heavy atom. The summed E-state index contributed by atoms with van der Waals surface area (Å²) in [7, 11) is 1.03. The Labute approximate surface area is 117 Å². The van der Waals surface area contributed by atoms with Crippen LogP contribution >= 0.6 is 0 Å². The summed E-state index contributed by atoms with van der Waals surface area (Å²) in [6.45, 7) is 1.61. The van der Waals surface area contributed by atoms with Crippen molar-refractivity contribution in [3.63, 3.8) is 0 Å². The van der Waals surface area contributed by atoms with Crippen LogP contribution in [0.1, 0.15) is 16.1 Å².